The minimum atomic E-state index is -0.360. The van der Waals surface area contributed by atoms with Gasteiger partial charge < -0.3 is 0 Å². The molecule has 1 aliphatic rings. The maximum Gasteiger partial charge on any atom is 0.274 e. The summed E-state index contributed by atoms with van der Waals surface area (Å²) in [5.41, 5.74) is 1.87. The number of nitro benzene ring substituents is 1. The third-order valence-electron chi connectivity index (χ3n) is 2.48. The average Bonchev–Trinajstić information content (AvgIpc) is 2.17. The Hall–Kier alpha value is -0.650. The Morgan fingerprint density at radius 1 is 1.47 bits per heavy atom. The van der Waals surface area contributed by atoms with E-state index in [2.05, 4.69) is 15.9 Å². The van der Waals surface area contributed by atoms with Crippen LogP contribution < -0.4 is 0 Å². The van der Waals surface area contributed by atoms with Crippen molar-refractivity contribution in [3.8, 4) is 0 Å². The van der Waals surface area contributed by atoms with Gasteiger partial charge in [-0.25, -0.2) is 4.42 Å². The highest BCUT2D eigenvalue weighted by Crippen LogP contribution is 2.33. The summed E-state index contributed by atoms with van der Waals surface area (Å²) in [6, 6.07) is 3.24. The van der Waals surface area contributed by atoms with Gasteiger partial charge in [-0.2, -0.15) is 0 Å². The van der Waals surface area contributed by atoms with Crippen molar-refractivity contribution in [1.29, 1.82) is 0 Å². The largest absolute Gasteiger partial charge is 0.274 e. The van der Waals surface area contributed by atoms with Crippen LogP contribution in [0.5, 0.6) is 0 Å². The lowest BCUT2D eigenvalue weighted by molar-refractivity contribution is -0.385. The number of benzene rings is 1. The lowest BCUT2D eigenvalue weighted by Gasteiger charge is -2.23. The van der Waals surface area contributed by atoms with Gasteiger partial charge in [0.15, 0.2) is 0 Å². The average molecular weight is 292 g/mol. The zero-order chi connectivity index (χ0) is 11.0. The molecule has 4 nitrogen and oxygen atoms in total. The number of rotatable bonds is 1. The van der Waals surface area contributed by atoms with Gasteiger partial charge >= 0.3 is 0 Å². The summed E-state index contributed by atoms with van der Waals surface area (Å²) < 4.78 is 2.50. The highest BCUT2D eigenvalue weighted by atomic mass is 79.9. The van der Waals surface area contributed by atoms with Crippen molar-refractivity contribution in [1.82, 2.24) is 4.42 Å². The fraction of sp³-hybridized carbons (Fsp3) is 0.333. The molecule has 1 aromatic carbocycles. The van der Waals surface area contributed by atoms with Crippen molar-refractivity contribution in [2.75, 3.05) is 6.54 Å². The highest BCUT2D eigenvalue weighted by molar-refractivity contribution is 9.10. The summed E-state index contributed by atoms with van der Waals surface area (Å²) in [5, 5.41) is 10.8. The van der Waals surface area contributed by atoms with E-state index in [4.69, 9.17) is 11.8 Å². The van der Waals surface area contributed by atoms with Gasteiger partial charge in [-0.3, -0.25) is 10.1 Å². The summed E-state index contributed by atoms with van der Waals surface area (Å²) in [6.45, 7) is 1.14. The molecule has 0 amide bonds. The summed E-state index contributed by atoms with van der Waals surface area (Å²) in [7, 11) is 0. The molecule has 0 saturated heterocycles. The number of nitro groups is 1. The van der Waals surface area contributed by atoms with Crippen LogP contribution in [-0.4, -0.2) is 15.9 Å². The van der Waals surface area contributed by atoms with Gasteiger partial charge in [0.25, 0.3) is 5.69 Å². The quantitative estimate of drug-likeness (QED) is 0.454. The van der Waals surface area contributed by atoms with E-state index in [1.54, 1.807) is 10.5 Å². The monoisotopic (exact) mass is 290 g/mol. The maximum absolute atomic E-state index is 10.8. The molecule has 0 radical (unpaired) electrons. The van der Waals surface area contributed by atoms with E-state index >= 15 is 0 Å². The van der Waals surface area contributed by atoms with Crippen molar-refractivity contribution < 1.29 is 4.92 Å². The van der Waals surface area contributed by atoms with Crippen LogP contribution in [0, 0.1) is 10.1 Å². The first-order chi connectivity index (χ1) is 7.09. The number of hydrogen-bond donors (Lipinski definition) is 0. The lowest BCUT2D eigenvalue weighted by atomic mass is 9.99. The van der Waals surface area contributed by atoms with Crippen molar-refractivity contribution in [2.45, 2.75) is 13.0 Å². The Bertz CT molecular complexity index is 425. The van der Waals surface area contributed by atoms with Gasteiger partial charge in [-0.05, 0) is 29.8 Å². The van der Waals surface area contributed by atoms with Gasteiger partial charge in [0.05, 0.1) is 4.92 Å². The fourth-order valence-corrected chi connectivity index (χ4v) is 2.53. The molecular formula is C9H8BrClN2O2. The molecule has 0 atom stereocenters. The topological polar surface area (TPSA) is 46.4 Å². The second-order valence-corrected chi connectivity index (χ2v) is 4.71. The molecule has 1 heterocycles. The zero-order valence-electron chi connectivity index (χ0n) is 7.74. The van der Waals surface area contributed by atoms with Crippen molar-refractivity contribution in [3.05, 3.63) is 37.8 Å². The van der Waals surface area contributed by atoms with E-state index in [1.165, 1.54) is 6.07 Å². The smallest absolute Gasteiger partial charge is 0.258 e. The lowest BCUT2D eigenvalue weighted by Crippen LogP contribution is -2.23. The zero-order valence-corrected chi connectivity index (χ0v) is 10.1. The maximum atomic E-state index is 10.8. The molecule has 0 fully saturated rings. The van der Waals surface area contributed by atoms with Gasteiger partial charge in [-0.1, -0.05) is 15.9 Å². The minimum Gasteiger partial charge on any atom is -0.258 e. The summed E-state index contributed by atoms with van der Waals surface area (Å²) >= 11 is 9.27. The van der Waals surface area contributed by atoms with Crippen LogP contribution >= 0.6 is 27.7 Å². The number of hydrogen-bond acceptors (Lipinski definition) is 3. The first kappa shape index (κ1) is 10.9. The Labute approximate surface area is 100 Å². The van der Waals surface area contributed by atoms with E-state index in [0.29, 0.717) is 13.1 Å². The molecule has 15 heavy (non-hydrogen) atoms. The van der Waals surface area contributed by atoms with Gasteiger partial charge in [-0.15, -0.1) is 0 Å². The molecule has 0 aliphatic carbocycles. The Morgan fingerprint density at radius 2 is 2.20 bits per heavy atom. The van der Waals surface area contributed by atoms with Gasteiger partial charge in [0.2, 0.25) is 0 Å². The predicted octanol–water partition coefficient (Wildman–Crippen LogP) is 2.87. The first-order valence-corrected chi connectivity index (χ1v) is 5.58. The Kier molecular flexibility index (Phi) is 2.95. The summed E-state index contributed by atoms with van der Waals surface area (Å²) in [5.74, 6) is 0. The van der Waals surface area contributed by atoms with Crippen LogP contribution in [0.3, 0.4) is 0 Å². The van der Waals surface area contributed by atoms with Crippen LogP contribution in [0.1, 0.15) is 11.1 Å². The molecule has 80 valence electrons. The molecule has 1 aliphatic heterocycles. The molecule has 0 aromatic heterocycles. The third kappa shape index (κ3) is 2.00. The minimum absolute atomic E-state index is 0.151. The molecule has 0 unspecified atom stereocenters. The van der Waals surface area contributed by atoms with Crippen molar-refractivity contribution >= 4 is 33.4 Å². The fourth-order valence-electron chi connectivity index (χ4n) is 1.75. The Balaban J connectivity index is 2.56. The molecule has 1 aromatic rings. The second-order valence-electron chi connectivity index (χ2n) is 3.38. The summed E-state index contributed by atoms with van der Waals surface area (Å²) in [4.78, 5) is 10.5. The molecule has 6 heteroatoms. The predicted molar refractivity (Wildman–Crippen MR) is 60.8 cm³/mol. The molecule has 2 rings (SSSR count). The number of halogens is 2. The standard InChI is InChI=1S/C9H8BrClN2O2/c10-8-1-2-9(13(14)15)7-5-12(11)4-3-6(7)8/h1-2H,3-5H2. The molecule has 0 N–H and O–H groups in total. The number of fused-ring (bicyclic) bond motifs is 1. The van der Waals surface area contributed by atoms with Crippen molar-refractivity contribution in [2.24, 2.45) is 0 Å². The van der Waals surface area contributed by atoms with Crippen LogP contribution in [0.25, 0.3) is 0 Å². The second kappa shape index (κ2) is 4.08. The van der Waals surface area contributed by atoms with Crippen LogP contribution in [-0.2, 0) is 13.0 Å². The van der Waals surface area contributed by atoms with Crippen LogP contribution in [0.15, 0.2) is 16.6 Å². The van der Waals surface area contributed by atoms with Crippen molar-refractivity contribution in [3.63, 3.8) is 0 Å². The van der Waals surface area contributed by atoms with E-state index in [1.807, 2.05) is 0 Å². The summed E-state index contributed by atoms with van der Waals surface area (Å²) in [6.07, 6.45) is 0.737. The van der Waals surface area contributed by atoms with E-state index < -0.39 is 0 Å². The van der Waals surface area contributed by atoms with Crippen LogP contribution in [0.2, 0.25) is 0 Å². The third-order valence-corrected chi connectivity index (χ3v) is 3.51. The van der Waals surface area contributed by atoms with Gasteiger partial charge in [0, 0.05) is 29.2 Å². The van der Waals surface area contributed by atoms with E-state index in [0.717, 1.165) is 22.0 Å². The van der Waals surface area contributed by atoms with E-state index in [-0.39, 0.29) is 10.6 Å². The van der Waals surface area contributed by atoms with Gasteiger partial charge in [0.1, 0.15) is 0 Å². The molecular weight excluding hydrogens is 283 g/mol. The molecule has 0 spiro atoms. The number of nitrogens with zero attached hydrogens (tertiary/aromatic N) is 2. The Morgan fingerprint density at radius 3 is 2.87 bits per heavy atom. The highest BCUT2D eigenvalue weighted by Gasteiger charge is 2.25. The molecule has 0 saturated carbocycles. The van der Waals surface area contributed by atoms with Crippen LogP contribution in [0.4, 0.5) is 5.69 Å². The normalized spacial score (nSPS) is 16.1. The molecule has 0 bridgehead atoms. The first-order valence-electron chi connectivity index (χ1n) is 4.45. The van der Waals surface area contributed by atoms with E-state index in [9.17, 15) is 10.1 Å². The SMILES string of the molecule is O=[N+]([O-])c1ccc(Br)c2c1CN(Cl)CC2.